The number of hydrogen-bond acceptors (Lipinski definition) is 2. The Morgan fingerprint density at radius 3 is 2.57 bits per heavy atom. The largest absolute Gasteiger partial charge is 0.416 e. The third kappa shape index (κ3) is 4.43. The molecule has 1 N–H and O–H groups in total. The topological polar surface area (TPSA) is 12.0 Å². The highest BCUT2D eigenvalue weighted by molar-refractivity contribution is 14.1. The molecule has 1 aromatic heterocycles. The number of rotatable bonds is 5. The molecule has 0 radical (unpaired) electrons. The Morgan fingerprint density at radius 1 is 1.24 bits per heavy atom. The molecule has 0 saturated carbocycles. The molecule has 0 aliphatic carbocycles. The summed E-state index contributed by atoms with van der Waals surface area (Å²) in [4.78, 5) is 0. The van der Waals surface area contributed by atoms with Gasteiger partial charge in [0.05, 0.1) is 14.5 Å². The molecule has 0 spiro atoms. The molecule has 1 atom stereocenters. The van der Waals surface area contributed by atoms with Gasteiger partial charge in [0, 0.05) is 0 Å². The van der Waals surface area contributed by atoms with Gasteiger partial charge in [-0.15, -0.1) is 11.3 Å². The molecule has 2 rings (SSSR count). The summed E-state index contributed by atoms with van der Waals surface area (Å²) in [7, 11) is 0. The average Bonchev–Trinajstić information content (AvgIpc) is 2.85. The summed E-state index contributed by atoms with van der Waals surface area (Å²) in [6, 6.07) is 7.37. The van der Waals surface area contributed by atoms with E-state index in [0.29, 0.717) is 5.56 Å². The van der Waals surface area contributed by atoms with Crippen LogP contribution >= 0.6 is 33.9 Å². The maximum absolute atomic E-state index is 12.9. The number of hydrogen-bond donors (Lipinski definition) is 1. The number of halogens is 4. The van der Waals surface area contributed by atoms with Crippen LogP contribution in [0, 0.1) is 2.88 Å². The fraction of sp³-hybridized carbons (Fsp3) is 0.333. The summed E-state index contributed by atoms with van der Waals surface area (Å²) >= 11 is 3.82. The van der Waals surface area contributed by atoms with Crippen LogP contribution in [-0.4, -0.2) is 6.54 Å². The zero-order valence-corrected chi connectivity index (χ0v) is 14.3. The van der Waals surface area contributed by atoms with E-state index in [2.05, 4.69) is 27.9 Å². The van der Waals surface area contributed by atoms with Crippen LogP contribution in [0.1, 0.15) is 36.1 Å². The van der Waals surface area contributed by atoms with Crippen LogP contribution < -0.4 is 5.32 Å². The molecular weight excluding hydrogens is 410 g/mol. The van der Waals surface area contributed by atoms with Crippen LogP contribution in [0.15, 0.2) is 35.7 Å². The Bertz CT molecular complexity index is 595. The molecule has 0 amide bonds. The van der Waals surface area contributed by atoms with E-state index in [1.54, 1.807) is 17.4 Å². The summed E-state index contributed by atoms with van der Waals surface area (Å²) in [6.45, 7) is 2.79. The highest BCUT2D eigenvalue weighted by Gasteiger charge is 2.31. The Labute approximate surface area is 139 Å². The van der Waals surface area contributed by atoms with E-state index in [1.165, 1.54) is 12.1 Å². The van der Waals surface area contributed by atoms with Gasteiger partial charge in [0.2, 0.25) is 0 Å². The van der Waals surface area contributed by atoms with Gasteiger partial charge in [-0.2, -0.15) is 13.2 Å². The van der Waals surface area contributed by atoms with Crippen molar-refractivity contribution in [2.75, 3.05) is 6.54 Å². The Kier molecular flexibility index (Phi) is 5.67. The van der Waals surface area contributed by atoms with Crippen molar-refractivity contribution in [2.45, 2.75) is 25.6 Å². The van der Waals surface area contributed by atoms with E-state index in [0.717, 1.165) is 27.5 Å². The van der Waals surface area contributed by atoms with Crippen molar-refractivity contribution < 1.29 is 13.2 Å². The van der Waals surface area contributed by atoms with Crippen LogP contribution in [0.2, 0.25) is 0 Å². The molecule has 1 nitrogen and oxygen atoms in total. The molecule has 1 heterocycles. The van der Waals surface area contributed by atoms with Crippen molar-refractivity contribution >= 4 is 33.9 Å². The third-order valence-electron chi connectivity index (χ3n) is 3.07. The predicted molar refractivity (Wildman–Crippen MR) is 88.6 cm³/mol. The fourth-order valence-corrected chi connectivity index (χ4v) is 3.48. The molecule has 1 unspecified atom stereocenters. The lowest BCUT2D eigenvalue weighted by atomic mass is 9.99. The van der Waals surface area contributed by atoms with Crippen LogP contribution in [-0.2, 0) is 6.18 Å². The lowest BCUT2D eigenvalue weighted by Crippen LogP contribution is -2.23. The Hall–Kier alpha value is -0.600. The Morgan fingerprint density at radius 2 is 2.00 bits per heavy atom. The van der Waals surface area contributed by atoms with Crippen molar-refractivity contribution in [3.8, 4) is 0 Å². The van der Waals surface area contributed by atoms with Gasteiger partial charge in [0.25, 0.3) is 0 Å². The normalized spacial score (nSPS) is 13.4. The van der Waals surface area contributed by atoms with Crippen molar-refractivity contribution in [2.24, 2.45) is 0 Å². The molecule has 0 aliphatic rings. The van der Waals surface area contributed by atoms with E-state index < -0.39 is 11.7 Å². The maximum atomic E-state index is 12.9. The number of nitrogens with one attached hydrogen (secondary N) is 1. The van der Waals surface area contributed by atoms with Crippen molar-refractivity contribution in [1.82, 2.24) is 5.32 Å². The zero-order chi connectivity index (χ0) is 15.5. The van der Waals surface area contributed by atoms with Gasteiger partial charge in [-0.25, -0.2) is 0 Å². The standard InChI is InChI=1S/C15H15F3INS/c1-2-6-20-14(11-8-13(19)21-9-11)10-4-3-5-12(7-10)15(16,17)18/h3-5,7-9,14,20H,2,6H2,1H3. The average molecular weight is 425 g/mol. The summed E-state index contributed by atoms with van der Waals surface area (Å²) in [6.07, 6.45) is -3.38. The first-order chi connectivity index (χ1) is 9.91. The minimum Gasteiger partial charge on any atom is -0.306 e. The zero-order valence-electron chi connectivity index (χ0n) is 11.4. The summed E-state index contributed by atoms with van der Waals surface area (Å²) in [5.74, 6) is 0. The molecular formula is C15H15F3INS. The third-order valence-corrected chi connectivity index (χ3v) is 4.87. The van der Waals surface area contributed by atoms with Crippen molar-refractivity contribution in [3.05, 3.63) is 55.3 Å². The molecule has 0 aliphatic heterocycles. The van der Waals surface area contributed by atoms with Gasteiger partial charge in [-0.1, -0.05) is 19.1 Å². The summed E-state index contributed by atoms with van der Waals surface area (Å²) in [5.41, 5.74) is 1.05. The maximum Gasteiger partial charge on any atom is 0.416 e. The first-order valence-corrected chi connectivity index (χ1v) is 8.52. The summed E-state index contributed by atoms with van der Waals surface area (Å²) < 4.78 is 39.7. The minimum atomic E-state index is -4.31. The SMILES string of the molecule is CCCNC(c1cccc(C(F)(F)F)c1)c1csc(I)c1. The lowest BCUT2D eigenvalue weighted by Gasteiger charge is -2.19. The lowest BCUT2D eigenvalue weighted by molar-refractivity contribution is -0.137. The molecule has 114 valence electrons. The molecule has 1 aromatic carbocycles. The van der Waals surface area contributed by atoms with Gasteiger partial charge in [0.1, 0.15) is 0 Å². The second kappa shape index (κ2) is 7.11. The van der Waals surface area contributed by atoms with Gasteiger partial charge in [-0.05, 0) is 70.3 Å². The minimum absolute atomic E-state index is 0.202. The second-order valence-electron chi connectivity index (χ2n) is 4.69. The molecule has 0 bridgehead atoms. The quantitative estimate of drug-likeness (QED) is 0.628. The van der Waals surface area contributed by atoms with E-state index in [1.807, 2.05) is 18.4 Å². The highest BCUT2D eigenvalue weighted by Crippen LogP contribution is 2.33. The smallest absolute Gasteiger partial charge is 0.306 e. The van der Waals surface area contributed by atoms with E-state index >= 15 is 0 Å². The van der Waals surface area contributed by atoms with Gasteiger partial charge in [-0.3, -0.25) is 0 Å². The van der Waals surface area contributed by atoms with Gasteiger partial charge < -0.3 is 5.32 Å². The van der Waals surface area contributed by atoms with E-state index in [9.17, 15) is 13.2 Å². The van der Waals surface area contributed by atoms with E-state index in [-0.39, 0.29) is 6.04 Å². The second-order valence-corrected chi connectivity index (χ2v) is 7.50. The van der Waals surface area contributed by atoms with Crippen LogP contribution in [0.5, 0.6) is 0 Å². The van der Waals surface area contributed by atoms with Gasteiger partial charge >= 0.3 is 6.18 Å². The monoisotopic (exact) mass is 425 g/mol. The fourth-order valence-electron chi connectivity index (χ4n) is 2.09. The first-order valence-electron chi connectivity index (χ1n) is 6.56. The predicted octanol–water partition coefficient (Wildman–Crippen LogP) is 5.46. The van der Waals surface area contributed by atoms with Crippen LogP contribution in [0.25, 0.3) is 0 Å². The van der Waals surface area contributed by atoms with Crippen molar-refractivity contribution in [1.29, 1.82) is 0 Å². The van der Waals surface area contributed by atoms with Crippen molar-refractivity contribution in [3.63, 3.8) is 0 Å². The molecule has 21 heavy (non-hydrogen) atoms. The molecule has 0 fully saturated rings. The number of thiophene rings is 1. The highest BCUT2D eigenvalue weighted by atomic mass is 127. The molecule has 2 aromatic rings. The molecule has 6 heteroatoms. The molecule has 0 saturated heterocycles. The number of benzene rings is 1. The van der Waals surface area contributed by atoms with Gasteiger partial charge in [0.15, 0.2) is 0 Å². The first kappa shape index (κ1) is 16.8. The van der Waals surface area contributed by atoms with E-state index in [4.69, 9.17) is 0 Å². The summed E-state index contributed by atoms with van der Waals surface area (Å²) in [5, 5.41) is 5.33. The Balaban J connectivity index is 2.37. The van der Waals surface area contributed by atoms with Crippen LogP contribution in [0.4, 0.5) is 13.2 Å². The number of alkyl halides is 3. The van der Waals surface area contributed by atoms with Crippen LogP contribution in [0.3, 0.4) is 0 Å².